The number of carbonyl (C=O) groups is 3. The van der Waals surface area contributed by atoms with Gasteiger partial charge < -0.3 is 14.2 Å². The van der Waals surface area contributed by atoms with E-state index in [0.717, 1.165) is 96.3 Å². The molecule has 0 bridgehead atoms. The van der Waals surface area contributed by atoms with Crippen LogP contribution in [0.4, 0.5) is 0 Å². The molecule has 0 rings (SSSR count). The van der Waals surface area contributed by atoms with Crippen LogP contribution < -0.4 is 0 Å². The van der Waals surface area contributed by atoms with Crippen molar-refractivity contribution in [2.45, 2.75) is 213 Å². The number of carbonyl (C=O) groups excluding carboxylic acids is 3. The number of hydrogen-bond acceptors (Lipinski definition) is 6. The summed E-state index contributed by atoms with van der Waals surface area (Å²) in [7, 11) is 0. The number of rotatable bonds is 44. The lowest BCUT2D eigenvalue weighted by Crippen LogP contribution is -2.30. The van der Waals surface area contributed by atoms with Crippen molar-refractivity contribution in [3.05, 3.63) is 122 Å². The molecule has 0 N–H and O–H groups in total. The zero-order valence-electron chi connectivity index (χ0n) is 41.0. The van der Waals surface area contributed by atoms with Crippen molar-refractivity contribution in [3.63, 3.8) is 0 Å². The summed E-state index contributed by atoms with van der Waals surface area (Å²) in [5.74, 6) is -1.07. The summed E-state index contributed by atoms with van der Waals surface area (Å²) in [4.78, 5) is 37.9. The van der Waals surface area contributed by atoms with E-state index in [4.69, 9.17) is 14.2 Å². The van der Waals surface area contributed by atoms with E-state index in [1.807, 2.05) is 0 Å². The van der Waals surface area contributed by atoms with E-state index in [9.17, 15) is 14.4 Å². The maximum absolute atomic E-state index is 12.8. The van der Waals surface area contributed by atoms with Crippen LogP contribution in [0.2, 0.25) is 0 Å². The zero-order chi connectivity index (χ0) is 46.5. The molecule has 0 aliphatic rings. The molecule has 0 amide bonds. The Bertz CT molecular complexity index is 1390. The van der Waals surface area contributed by atoms with Crippen molar-refractivity contribution in [1.82, 2.24) is 0 Å². The largest absolute Gasteiger partial charge is 0.462 e. The minimum absolute atomic E-state index is 0.130. The first-order chi connectivity index (χ1) is 31.5. The van der Waals surface area contributed by atoms with E-state index in [2.05, 4.69) is 142 Å². The van der Waals surface area contributed by atoms with Crippen molar-refractivity contribution in [3.8, 4) is 0 Å². The normalized spacial score (nSPS) is 13.1. The molecule has 1 unspecified atom stereocenters. The first-order valence-corrected chi connectivity index (χ1v) is 25.6. The maximum atomic E-state index is 12.8. The standard InChI is InChI=1S/C58H92O6/c1-4-7-10-13-16-19-22-24-26-28-30-31-33-36-39-42-45-48-51-57(60)63-54-55(53-62-56(59)50-47-44-41-38-35-21-18-15-12-9-6-3)64-58(61)52-49-46-43-40-37-34-32-29-27-25-23-20-17-14-11-8-5-2/h9,12,17-18,20-22,24-28,30-32,34,38,40-41,43,55H,4-8,10-11,13-16,19,23,29,33,35-37,39,42,44-54H2,1-3H3/b12-9-,20-17-,21-18-,24-22-,27-25-,28-26-,31-30-,34-32-,41-38-,43-40-. The fourth-order valence-electron chi connectivity index (χ4n) is 6.40. The Kier molecular flexibility index (Phi) is 48.1. The Hall–Kier alpha value is -4.19. The van der Waals surface area contributed by atoms with Gasteiger partial charge in [-0.15, -0.1) is 0 Å². The minimum Gasteiger partial charge on any atom is -0.462 e. The molecule has 64 heavy (non-hydrogen) atoms. The first-order valence-electron chi connectivity index (χ1n) is 25.6. The summed E-state index contributed by atoms with van der Waals surface area (Å²) < 4.78 is 16.7. The zero-order valence-corrected chi connectivity index (χ0v) is 41.0. The Morgan fingerprint density at radius 3 is 1.17 bits per heavy atom. The molecule has 0 spiro atoms. The number of hydrogen-bond donors (Lipinski definition) is 0. The summed E-state index contributed by atoms with van der Waals surface area (Å²) in [5, 5.41) is 0. The van der Waals surface area contributed by atoms with Crippen LogP contribution in [0.1, 0.15) is 207 Å². The summed E-state index contributed by atoms with van der Waals surface area (Å²) in [5.41, 5.74) is 0. The third-order valence-electron chi connectivity index (χ3n) is 10.2. The fraction of sp³-hybridized carbons (Fsp3) is 0.603. The van der Waals surface area contributed by atoms with Gasteiger partial charge in [-0.3, -0.25) is 14.4 Å². The van der Waals surface area contributed by atoms with Gasteiger partial charge in [-0.2, -0.15) is 0 Å². The van der Waals surface area contributed by atoms with Crippen LogP contribution in [-0.4, -0.2) is 37.2 Å². The number of allylic oxidation sites excluding steroid dienone is 20. The van der Waals surface area contributed by atoms with Gasteiger partial charge in [-0.1, -0.05) is 200 Å². The molecule has 0 aliphatic carbocycles. The average Bonchev–Trinajstić information content (AvgIpc) is 3.29. The van der Waals surface area contributed by atoms with Gasteiger partial charge in [-0.05, 0) is 109 Å². The lowest BCUT2D eigenvalue weighted by Gasteiger charge is -2.18. The molecule has 0 saturated carbocycles. The second kappa shape index (κ2) is 51.4. The summed E-state index contributed by atoms with van der Waals surface area (Å²) in [6.07, 6.45) is 70.5. The topological polar surface area (TPSA) is 78.9 Å². The van der Waals surface area contributed by atoms with E-state index in [1.165, 1.54) is 57.8 Å². The van der Waals surface area contributed by atoms with Gasteiger partial charge in [0.25, 0.3) is 0 Å². The molecule has 0 aromatic carbocycles. The van der Waals surface area contributed by atoms with Gasteiger partial charge in [0.1, 0.15) is 13.2 Å². The summed E-state index contributed by atoms with van der Waals surface area (Å²) in [6, 6.07) is 0. The molecule has 0 heterocycles. The van der Waals surface area contributed by atoms with Gasteiger partial charge in [0.2, 0.25) is 0 Å². The molecule has 1 atom stereocenters. The quantitative estimate of drug-likeness (QED) is 0.0199. The Balaban J connectivity index is 4.57. The van der Waals surface area contributed by atoms with Crippen LogP contribution in [0.15, 0.2) is 122 Å². The second-order valence-corrected chi connectivity index (χ2v) is 16.4. The van der Waals surface area contributed by atoms with E-state index in [-0.39, 0.29) is 44.0 Å². The van der Waals surface area contributed by atoms with Crippen LogP contribution >= 0.6 is 0 Å². The molecule has 6 nitrogen and oxygen atoms in total. The highest BCUT2D eigenvalue weighted by atomic mass is 16.6. The van der Waals surface area contributed by atoms with E-state index >= 15 is 0 Å². The monoisotopic (exact) mass is 885 g/mol. The fourth-order valence-corrected chi connectivity index (χ4v) is 6.40. The Morgan fingerprint density at radius 2 is 0.688 bits per heavy atom. The smallest absolute Gasteiger partial charge is 0.306 e. The molecule has 6 heteroatoms. The van der Waals surface area contributed by atoms with Crippen LogP contribution in [0.25, 0.3) is 0 Å². The van der Waals surface area contributed by atoms with Crippen LogP contribution in [0, 0.1) is 0 Å². The molecule has 0 aliphatic heterocycles. The molecule has 0 saturated heterocycles. The molecule has 0 radical (unpaired) electrons. The first kappa shape index (κ1) is 59.8. The number of esters is 3. The van der Waals surface area contributed by atoms with Gasteiger partial charge in [0, 0.05) is 19.3 Å². The van der Waals surface area contributed by atoms with E-state index in [0.29, 0.717) is 19.3 Å². The SMILES string of the molecule is CC/C=C\C/C=C\C/C=C\CCCC(=O)OCC(COC(=O)CCCCCCC\C=C/C=C\C=C/CCCCCCC)OC(=O)CCC/C=C\C/C=C\C/C=C\C/C=C\CCCCC. The minimum atomic E-state index is -0.838. The Morgan fingerprint density at radius 1 is 0.344 bits per heavy atom. The highest BCUT2D eigenvalue weighted by molar-refractivity contribution is 5.71. The summed E-state index contributed by atoms with van der Waals surface area (Å²) >= 11 is 0. The average molecular weight is 885 g/mol. The van der Waals surface area contributed by atoms with E-state index in [1.54, 1.807) is 0 Å². The van der Waals surface area contributed by atoms with Gasteiger partial charge >= 0.3 is 17.9 Å². The maximum Gasteiger partial charge on any atom is 0.306 e. The lowest BCUT2D eigenvalue weighted by molar-refractivity contribution is -0.167. The van der Waals surface area contributed by atoms with Gasteiger partial charge in [0.05, 0.1) is 0 Å². The molecule has 0 fully saturated rings. The predicted molar refractivity (Wildman–Crippen MR) is 274 cm³/mol. The number of unbranched alkanes of at least 4 members (excludes halogenated alkanes) is 15. The van der Waals surface area contributed by atoms with Crippen LogP contribution in [0.3, 0.4) is 0 Å². The predicted octanol–water partition coefficient (Wildman–Crippen LogP) is 16.9. The van der Waals surface area contributed by atoms with Crippen molar-refractivity contribution in [1.29, 1.82) is 0 Å². The Labute approximate surface area is 392 Å². The van der Waals surface area contributed by atoms with Gasteiger partial charge in [-0.25, -0.2) is 0 Å². The van der Waals surface area contributed by atoms with Crippen LogP contribution in [-0.2, 0) is 28.6 Å². The van der Waals surface area contributed by atoms with Crippen molar-refractivity contribution < 1.29 is 28.6 Å². The van der Waals surface area contributed by atoms with E-state index < -0.39 is 6.10 Å². The van der Waals surface area contributed by atoms with Crippen molar-refractivity contribution in [2.24, 2.45) is 0 Å². The van der Waals surface area contributed by atoms with Crippen molar-refractivity contribution >= 4 is 17.9 Å². The molecular weight excluding hydrogens is 793 g/mol. The van der Waals surface area contributed by atoms with Gasteiger partial charge in [0.15, 0.2) is 6.10 Å². The molecule has 0 aromatic heterocycles. The van der Waals surface area contributed by atoms with Crippen LogP contribution in [0.5, 0.6) is 0 Å². The molecule has 360 valence electrons. The second-order valence-electron chi connectivity index (χ2n) is 16.4. The highest BCUT2D eigenvalue weighted by Gasteiger charge is 2.19. The third kappa shape index (κ3) is 48.8. The molecular formula is C58H92O6. The highest BCUT2D eigenvalue weighted by Crippen LogP contribution is 2.11. The lowest BCUT2D eigenvalue weighted by atomic mass is 10.1. The third-order valence-corrected chi connectivity index (χ3v) is 10.2. The summed E-state index contributed by atoms with van der Waals surface area (Å²) in [6.45, 7) is 6.34. The molecule has 0 aromatic rings. The van der Waals surface area contributed by atoms with Crippen molar-refractivity contribution in [2.75, 3.05) is 13.2 Å². The number of ether oxygens (including phenoxy) is 3.